The van der Waals surface area contributed by atoms with E-state index in [0.29, 0.717) is 9.21 Å². The molecule has 0 amide bonds. The molecule has 0 fully saturated rings. The van der Waals surface area contributed by atoms with Gasteiger partial charge in [-0.25, -0.2) is 15.0 Å². The molecule has 0 radical (unpaired) electrons. The van der Waals surface area contributed by atoms with E-state index in [0.717, 1.165) is 11.3 Å². The summed E-state index contributed by atoms with van der Waals surface area (Å²) in [6.45, 7) is 0. The van der Waals surface area contributed by atoms with Crippen LogP contribution in [0.2, 0.25) is 4.34 Å². The van der Waals surface area contributed by atoms with Gasteiger partial charge >= 0.3 is 12.4 Å². The third-order valence-corrected chi connectivity index (χ3v) is 3.91. The second-order valence-electron chi connectivity index (χ2n) is 4.28. The smallest absolute Gasteiger partial charge is 0.322 e. The Morgan fingerprint density at radius 3 is 2.17 bits per heavy atom. The average molecular weight is 373 g/mol. The van der Waals surface area contributed by atoms with Crippen LogP contribution in [-0.4, -0.2) is 19.9 Å². The number of aromatic amines is 1. The standard InChI is InChI=1S/C11H3ClF6N4S/c12-4-2-1-3(23-4)7-19-5-6(10(13,14)15)20-9(11(16,17)18)22-8(5)21-7/h1-2H,(H,19,20,21,22). The van der Waals surface area contributed by atoms with Gasteiger partial charge in [-0.2, -0.15) is 26.3 Å². The molecule has 0 saturated carbocycles. The Bertz CT molecular complexity index is 881. The summed E-state index contributed by atoms with van der Waals surface area (Å²) in [5.41, 5.74) is -3.19. The van der Waals surface area contributed by atoms with E-state index in [1.165, 1.54) is 12.1 Å². The molecule has 0 atom stereocenters. The maximum atomic E-state index is 13.0. The van der Waals surface area contributed by atoms with Gasteiger partial charge in [-0.05, 0) is 12.1 Å². The molecule has 0 aliphatic rings. The van der Waals surface area contributed by atoms with Crippen molar-refractivity contribution in [3.05, 3.63) is 28.0 Å². The van der Waals surface area contributed by atoms with Gasteiger partial charge in [-0.15, -0.1) is 11.3 Å². The zero-order valence-corrected chi connectivity index (χ0v) is 12.1. The highest BCUT2D eigenvalue weighted by Gasteiger charge is 2.42. The number of thiophene rings is 1. The lowest BCUT2D eigenvalue weighted by molar-refractivity contribution is -0.151. The lowest BCUT2D eigenvalue weighted by Gasteiger charge is -2.09. The van der Waals surface area contributed by atoms with Crippen molar-refractivity contribution in [2.45, 2.75) is 12.4 Å². The van der Waals surface area contributed by atoms with Crippen LogP contribution in [0, 0.1) is 0 Å². The number of hydrogen-bond acceptors (Lipinski definition) is 4. The SMILES string of the molecule is FC(F)(F)c1nc(C(F)(F)F)c2nc(-c3ccc(Cl)s3)[nH]c2n1. The predicted octanol–water partition coefficient (Wildman–Crippen LogP) is 4.77. The normalized spacial score (nSPS) is 13.0. The fraction of sp³-hybridized carbons (Fsp3) is 0.182. The topological polar surface area (TPSA) is 54.5 Å². The molecule has 23 heavy (non-hydrogen) atoms. The number of hydrogen-bond donors (Lipinski definition) is 1. The van der Waals surface area contributed by atoms with Crippen LogP contribution in [0.15, 0.2) is 12.1 Å². The number of rotatable bonds is 1. The van der Waals surface area contributed by atoms with Crippen molar-refractivity contribution in [3.8, 4) is 10.7 Å². The molecule has 3 aromatic rings. The van der Waals surface area contributed by atoms with Gasteiger partial charge in [0.05, 0.1) is 9.21 Å². The van der Waals surface area contributed by atoms with Gasteiger partial charge < -0.3 is 4.98 Å². The minimum Gasteiger partial charge on any atom is -0.322 e. The Balaban J connectivity index is 2.28. The molecular formula is C11H3ClF6N4S. The number of imidazole rings is 1. The highest BCUT2D eigenvalue weighted by molar-refractivity contribution is 7.19. The summed E-state index contributed by atoms with van der Waals surface area (Å²) in [5, 5.41) is 0. The summed E-state index contributed by atoms with van der Waals surface area (Å²) < 4.78 is 77.3. The summed E-state index contributed by atoms with van der Waals surface area (Å²) in [5.74, 6) is -1.97. The largest absolute Gasteiger partial charge is 0.451 e. The Morgan fingerprint density at radius 2 is 1.65 bits per heavy atom. The molecule has 122 valence electrons. The van der Waals surface area contributed by atoms with Gasteiger partial charge in [-0.1, -0.05) is 11.6 Å². The lowest BCUT2D eigenvalue weighted by Crippen LogP contribution is -2.17. The molecule has 0 unspecified atom stereocenters. The number of aromatic nitrogens is 4. The van der Waals surface area contributed by atoms with E-state index in [4.69, 9.17) is 11.6 Å². The first-order valence-electron chi connectivity index (χ1n) is 5.73. The monoisotopic (exact) mass is 372 g/mol. The van der Waals surface area contributed by atoms with Gasteiger partial charge in [-0.3, -0.25) is 0 Å². The van der Waals surface area contributed by atoms with Crippen LogP contribution in [0.1, 0.15) is 11.5 Å². The summed E-state index contributed by atoms with van der Waals surface area (Å²) in [6.07, 6.45) is -10.2. The summed E-state index contributed by atoms with van der Waals surface area (Å²) in [4.78, 5) is 12.0. The van der Waals surface area contributed by atoms with Crippen molar-refractivity contribution in [2.75, 3.05) is 0 Å². The van der Waals surface area contributed by atoms with Crippen LogP contribution in [-0.2, 0) is 12.4 Å². The third kappa shape index (κ3) is 2.98. The highest BCUT2D eigenvalue weighted by atomic mass is 35.5. The Kier molecular flexibility index (Phi) is 3.52. The number of fused-ring (bicyclic) bond motifs is 1. The van der Waals surface area contributed by atoms with Gasteiger partial charge in [0.1, 0.15) is 11.3 Å². The Hall–Kier alpha value is -1.88. The fourth-order valence-electron chi connectivity index (χ4n) is 1.78. The average Bonchev–Trinajstić information content (AvgIpc) is 3.00. The minimum atomic E-state index is -5.12. The van der Waals surface area contributed by atoms with E-state index in [9.17, 15) is 26.3 Å². The predicted molar refractivity (Wildman–Crippen MR) is 70.0 cm³/mol. The molecule has 4 nitrogen and oxygen atoms in total. The van der Waals surface area contributed by atoms with Gasteiger partial charge in [0.2, 0.25) is 5.82 Å². The first kappa shape index (κ1) is 16.0. The first-order valence-corrected chi connectivity index (χ1v) is 6.93. The van der Waals surface area contributed by atoms with E-state index in [2.05, 4.69) is 19.9 Å². The third-order valence-electron chi connectivity index (χ3n) is 2.67. The maximum absolute atomic E-state index is 13.0. The van der Waals surface area contributed by atoms with E-state index in [-0.39, 0.29) is 5.82 Å². The molecular weight excluding hydrogens is 370 g/mol. The molecule has 3 rings (SSSR count). The van der Waals surface area contributed by atoms with Crippen molar-refractivity contribution >= 4 is 34.1 Å². The van der Waals surface area contributed by atoms with E-state index < -0.39 is 35.0 Å². The van der Waals surface area contributed by atoms with E-state index in [1.807, 2.05) is 0 Å². The fourth-order valence-corrected chi connectivity index (χ4v) is 2.77. The van der Waals surface area contributed by atoms with Crippen molar-refractivity contribution in [3.63, 3.8) is 0 Å². The molecule has 0 aliphatic heterocycles. The van der Waals surface area contributed by atoms with Crippen molar-refractivity contribution in [1.29, 1.82) is 0 Å². The molecule has 1 N–H and O–H groups in total. The van der Waals surface area contributed by atoms with Crippen LogP contribution in [0.25, 0.3) is 21.9 Å². The minimum absolute atomic E-state index is 0.0731. The number of H-pyrrole nitrogens is 1. The first-order chi connectivity index (χ1) is 10.6. The molecule has 0 aliphatic carbocycles. The van der Waals surface area contributed by atoms with E-state index in [1.54, 1.807) is 0 Å². The van der Waals surface area contributed by atoms with Crippen LogP contribution in [0.4, 0.5) is 26.3 Å². The lowest BCUT2D eigenvalue weighted by atomic mass is 10.3. The number of nitrogens with one attached hydrogen (secondary N) is 1. The van der Waals surface area contributed by atoms with Crippen molar-refractivity contribution < 1.29 is 26.3 Å². The van der Waals surface area contributed by atoms with Crippen LogP contribution < -0.4 is 0 Å². The molecule has 12 heteroatoms. The zero-order valence-electron chi connectivity index (χ0n) is 10.6. The van der Waals surface area contributed by atoms with Crippen LogP contribution in [0.3, 0.4) is 0 Å². The molecule has 0 bridgehead atoms. The Labute approximate surface area is 132 Å². The highest BCUT2D eigenvalue weighted by Crippen LogP contribution is 2.37. The summed E-state index contributed by atoms with van der Waals surface area (Å²) in [7, 11) is 0. The molecule has 0 spiro atoms. The van der Waals surface area contributed by atoms with Gasteiger partial charge in [0.15, 0.2) is 11.3 Å². The van der Waals surface area contributed by atoms with Crippen molar-refractivity contribution in [1.82, 2.24) is 19.9 Å². The van der Waals surface area contributed by atoms with E-state index >= 15 is 0 Å². The van der Waals surface area contributed by atoms with Crippen LogP contribution >= 0.6 is 22.9 Å². The second kappa shape index (κ2) is 5.06. The number of nitrogens with zero attached hydrogens (tertiary/aromatic N) is 3. The zero-order chi connectivity index (χ0) is 17.0. The second-order valence-corrected chi connectivity index (χ2v) is 5.99. The van der Waals surface area contributed by atoms with Crippen molar-refractivity contribution in [2.24, 2.45) is 0 Å². The number of halogens is 7. The van der Waals surface area contributed by atoms with Gasteiger partial charge in [0.25, 0.3) is 0 Å². The summed E-state index contributed by atoms with van der Waals surface area (Å²) >= 11 is 6.72. The summed E-state index contributed by atoms with van der Waals surface area (Å²) in [6, 6.07) is 2.95. The van der Waals surface area contributed by atoms with Gasteiger partial charge in [0, 0.05) is 0 Å². The molecule has 3 aromatic heterocycles. The molecule has 0 aromatic carbocycles. The number of alkyl halides is 6. The Morgan fingerprint density at radius 1 is 0.957 bits per heavy atom. The quantitative estimate of drug-likeness (QED) is 0.626. The maximum Gasteiger partial charge on any atom is 0.451 e. The molecule has 0 saturated heterocycles. The van der Waals surface area contributed by atoms with Crippen LogP contribution in [0.5, 0.6) is 0 Å². The molecule has 3 heterocycles.